The van der Waals surface area contributed by atoms with Gasteiger partial charge in [0.15, 0.2) is 0 Å². The lowest BCUT2D eigenvalue weighted by molar-refractivity contribution is -0.117. The van der Waals surface area contributed by atoms with Gasteiger partial charge in [0.1, 0.15) is 11.6 Å². The third-order valence-electron chi connectivity index (χ3n) is 3.15. The zero-order chi connectivity index (χ0) is 14.3. The van der Waals surface area contributed by atoms with Crippen molar-refractivity contribution in [2.45, 2.75) is 6.42 Å². The first-order valence-corrected chi connectivity index (χ1v) is 5.97. The maximum absolute atomic E-state index is 13.2. The third kappa shape index (κ3) is 1.97. The summed E-state index contributed by atoms with van der Waals surface area (Å²) in [5.41, 5.74) is 0.902. The highest BCUT2D eigenvalue weighted by Crippen LogP contribution is 2.26. The van der Waals surface area contributed by atoms with Crippen molar-refractivity contribution < 1.29 is 18.4 Å². The van der Waals surface area contributed by atoms with E-state index in [0.29, 0.717) is 17.2 Å². The van der Waals surface area contributed by atoms with Crippen molar-refractivity contribution in [1.82, 2.24) is 0 Å². The fourth-order valence-corrected chi connectivity index (χ4v) is 2.29. The summed E-state index contributed by atoms with van der Waals surface area (Å²) in [7, 11) is 0. The van der Waals surface area contributed by atoms with Crippen LogP contribution in [0.4, 0.5) is 14.5 Å². The third-order valence-corrected chi connectivity index (χ3v) is 3.15. The fraction of sp³-hybridized carbons (Fsp3) is 0.0667. The SMILES string of the molecule is O=C1Cc2ccccc2C(=O)N1c1cc(F)cc(F)c1. The van der Waals surface area contributed by atoms with Gasteiger partial charge < -0.3 is 0 Å². The first-order valence-electron chi connectivity index (χ1n) is 5.97. The van der Waals surface area contributed by atoms with E-state index in [-0.39, 0.29) is 12.1 Å². The quantitative estimate of drug-likeness (QED) is 0.749. The van der Waals surface area contributed by atoms with Crippen molar-refractivity contribution in [1.29, 1.82) is 0 Å². The predicted octanol–water partition coefficient (Wildman–Crippen LogP) is 2.69. The zero-order valence-electron chi connectivity index (χ0n) is 10.3. The molecule has 0 unspecified atom stereocenters. The van der Waals surface area contributed by atoms with Crippen LogP contribution in [-0.2, 0) is 11.2 Å². The first-order chi connectivity index (χ1) is 9.56. The molecule has 1 heterocycles. The summed E-state index contributed by atoms with van der Waals surface area (Å²) in [4.78, 5) is 25.2. The molecule has 2 aromatic carbocycles. The Labute approximate surface area is 113 Å². The summed E-state index contributed by atoms with van der Waals surface area (Å²) in [6.45, 7) is 0. The van der Waals surface area contributed by atoms with Crippen LogP contribution in [0.25, 0.3) is 0 Å². The molecule has 2 amide bonds. The minimum atomic E-state index is -0.834. The molecule has 0 bridgehead atoms. The lowest BCUT2D eigenvalue weighted by Gasteiger charge is -2.26. The number of benzene rings is 2. The topological polar surface area (TPSA) is 37.4 Å². The summed E-state index contributed by atoms with van der Waals surface area (Å²) >= 11 is 0. The number of hydrogen-bond acceptors (Lipinski definition) is 2. The molecule has 2 aromatic rings. The molecule has 0 N–H and O–H groups in total. The lowest BCUT2D eigenvalue weighted by Crippen LogP contribution is -2.42. The second kappa shape index (κ2) is 4.52. The second-order valence-electron chi connectivity index (χ2n) is 4.50. The van der Waals surface area contributed by atoms with Gasteiger partial charge in [-0.25, -0.2) is 13.7 Å². The molecular weight excluding hydrogens is 264 g/mol. The Morgan fingerprint density at radius 3 is 2.30 bits per heavy atom. The minimum absolute atomic E-state index is 0.0278. The molecule has 0 saturated carbocycles. The molecule has 3 rings (SSSR count). The second-order valence-corrected chi connectivity index (χ2v) is 4.50. The highest BCUT2D eigenvalue weighted by molar-refractivity contribution is 6.24. The number of carbonyl (C=O) groups is 2. The van der Waals surface area contributed by atoms with Gasteiger partial charge in [-0.05, 0) is 23.8 Å². The van der Waals surface area contributed by atoms with E-state index in [2.05, 4.69) is 0 Å². The van der Waals surface area contributed by atoms with Crippen LogP contribution in [0, 0.1) is 11.6 Å². The largest absolute Gasteiger partial charge is 0.274 e. The maximum atomic E-state index is 13.2. The normalized spacial score (nSPS) is 14.4. The predicted molar refractivity (Wildman–Crippen MR) is 68.3 cm³/mol. The molecule has 0 aliphatic carbocycles. The van der Waals surface area contributed by atoms with Crippen molar-refractivity contribution >= 4 is 17.5 Å². The van der Waals surface area contributed by atoms with Gasteiger partial charge in [-0.3, -0.25) is 9.59 Å². The molecule has 1 aliphatic heterocycles. The Bertz CT molecular complexity index is 707. The van der Waals surface area contributed by atoms with E-state index < -0.39 is 23.4 Å². The van der Waals surface area contributed by atoms with Crippen LogP contribution in [0.2, 0.25) is 0 Å². The average Bonchev–Trinajstić information content (AvgIpc) is 2.37. The van der Waals surface area contributed by atoms with Crippen LogP contribution in [-0.4, -0.2) is 11.8 Å². The number of anilines is 1. The zero-order valence-corrected chi connectivity index (χ0v) is 10.3. The average molecular weight is 273 g/mol. The van der Waals surface area contributed by atoms with E-state index in [4.69, 9.17) is 0 Å². The van der Waals surface area contributed by atoms with E-state index in [1.807, 2.05) is 0 Å². The van der Waals surface area contributed by atoms with Gasteiger partial charge in [-0.15, -0.1) is 0 Å². The maximum Gasteiger partial charge on any atom is 0.265 e. The molecular formula is C15H9F2NO2. The summed E-state index contributed by atoms with van der Waals surface area (Å²) in [5.74, 6) is -2.74. The van der Waals surface area contributed by atoms with Gasteiger partial charge in [0, 0.05) is 11.6 Å². The Kier molecular flexibility index (Phi) is 2.82. The number of fused-ring (bicyclic) bond motifs is 1. The Morgan fingerprint density at radius 1 is 0.950 bits per heavy atom. The number of rotatable bonds is 1. The molecule has 20 heavy (non-hydrogen) atoms. The van der Waals surface area contributed by atoms with E-state index in [9.17, 15) is 18.4 Å². The summed E-state index contributed by atoms with van der Waals surface area (Å²) < 4.78 is 26.5. The minimum Gasteiger partial charge on any atom is -0.274 e. The molecule has 0 spiro atoms. The Morgan fingerprint density at radius 2 is 1.60 bits per heavy atom. The molecule has 0 saturated heterocycles. The number of nitrogens with zero attached hydrogens (tertiary/aromatic N) is 1. The Balaban J connectivity index is 2.11. The van der Waals surface area contributed by atoms with Gasteiger partial charge in [0.25, 0.3) is 5.91 Å². The molecule has 100 valence electrons. The highest BCUT2D eigenvalue weighted by atomic mass is 19.1. The van der Waals surface area contributed by atoms with E-state index in [0.717, 1.165) is 17.0 Å². The van der Waals surface area contributed by atoms with Crippen LogP contribution >= 0.6 is 0 Å². The monoisotopic (exact) mass is 273 g/mol. The van der Waals surface area contributed by atoms with Gasteiger partial charge in [0.05, 0.1) is 12.1 Å². The van der Waals surface area contributed by atoms with Crippen LogP contribution in [0.1, 0.15) is 15.9 Å². The van der Waals surface area contributed by atoms with Crippen LogP contribution < -0.4 is 4.90 Å². The van der Waals surface area contributed by atoms with Crippen LogP contribution in [0.3, 0.4) is 0 Å². The van der Waals surface area contributed by atoms with E-state index in [1.54, 1.807) is 24.3 Å². The van der Waals surface area contributed by atoms with Crippen molar-refractivity contribution in [3.8, 4) is 0 Å². The van der Waals surface area contributed by atoms with Gasteiger partial charge in [-0.2, -0.15) is 0 Å². The summed E-state index contributed by atoms with van der Waals surface area (Å²) in [6, 6.07) is 9.31. The van der Waals surface area contributed by atoms with Crippen molar-refractivity contribution in [2.75, 3.05) is 4.90 Å². The van der Waals surface area contributed by atoms with Gasteiger partial charge >= 0.3 is 0 Å². The molecule has 0 fully saturated rings. The molecule has 5 heteroatoms. The van der Waals surface area contributed by atoms with Crippen molar-refractivity contribution in [2.24, 2.45) is 0 Å². The smallest absolute Gasteiger partial charge is 0.265 e. The standard InChI is InChI=1S/C15H9F2NO2/c16-10-6-11(17)8-12(7-10)18-14(19)5-9-3-1-2-4-13(9)15(18)20/h1-4,6-8H,5H2. The number of halogens is 2. The van der Waals surface area contributed by atoms with Gasteiger partial charge in [-0.1, -0.05) is 18.2 Å². The van der Waals surface area contributed by atoms with Crippen LogP contribution in [0.5, 0.6) is 0 Å². The summed E-state index contributed by atoms with van der Waals surface area (Å²) in [6.07, 6.45) is 0.0278. The molecule has 0 atom stereocenters. The van der Waals surface area contributed by atoms with Gasteiger partial charge in [0.2, 0.25) is 5.91 Å². The van der Waals surface area contributed by atoms with Crippen LogP contribution in [0.15, 0.2) is 42.5 Å². The molecule has 3 nitrogen and oxygen atoms in total. The highest BCUT2D eigenvalue weighted by Gasteiger charge is 2.32. The number of carbonyl (C=O) groups excluding carboxylic acids is 2. The number of amides is 2. The van der Waals surface area contributed by atoms with E-state index in [1.165, 1.54) is 0 Å². The lowest BCUT2D eigenvalue weighted by atomic mass is 9.98. The van der Waals surface area contributed by atoms with E-state index >= 15 is 0 Å². The van der Waals surface area contributed by atoms with Crippen molar-refractivity contribution in [3.05, 3.63) is 65.2 Å². The first kappa shape index (κ1) is 12.5. The van der Waals surface area contributed by atoms with Crippen molar-refractivity contribution in [3.63, 3.8) is 0 Å². The summed E-state index contributed by atoms with van der Waals surface area (Å²) in [5, 5.41) is 0. The molecule has 0 aromatic heterocycles. The number of imide groups is 1. The molecule has 0 radical (unpaired) electrons. The molecule has 1 aliphatic rings. The fourth-order valence-electron chi connectivity index (χ4n) is 2.29. The number of hydrogen-bond donors (Lipinski definition) is 0. The Hall–Kier alpha value is -2.56.